The summed E-state index contributed by atoms with van der Waals surface area (Å²) in [5.41, 5.74) is 0.955. The largest absolute Gasteiger partial charge is 0.508 e. The normalized spacial score (nSPS) is 19.0. The zero-order valence-electron chi connectivity index (χ0n) is 9.32. The molecule has 1 aliphatic heterocycles. The Morgan fingerprint density at radius 3 is 2.81 bits per heavy atom. The van der Waals surface area contributed by atoms with Crippen LogP contribution in [0.4, 0.5) is 5.69 Å². The molecule has 1 aromatic rings. The van der Waals surface area contributed by atoms with Crippen molar-refractivity contribution in [3.8, 4) is 5.75 Å². The first-order valence-electron chi connectivity index (χ1n) is 5.23. The summed E-state index contributed by atoms with van der Waals surface area (Å²) in [5.74, 6) is -0.767. The summed E-state index contributed by atoms with van der Waals surface area (Å²) in [4.78, 5) is 11.2. The van der Waals surface area contributed by atoms with Gasteiger partial charge in [0.1, 0.15) is 5.75 Å². The van der Waals surface area contributed by atoms with Crippen LogP contribution in [0.25, 0.3) is 0 Å². The molecular weight excluding hydrogens is 206 g/mol. The lowest BCUT2D eigenvalue weighted by Gasteiger charge is -2.26. The minimum Gasteiger partial charge on any atom is -0.508 e. The van der Waals surface area contributed by atoms with E-state index in [1.54, 1.807) is 32.0 Å². The Morgan fingerprint density at radius 2 is 2.19 bits per heavy atom. The molecule has 0 aromatic heterocycles. The quantitative estimate of drug-likeness (QED) is 0.668. The molecule has 4 heteroatoms. The van der Waals surface area contributed by atoms with E-state index >= 15 is 0 Å². The summed E-state index contributed by atoms with van der Waals surface area (Å²) in [7, 11) is 0. The minimum absolute atomic E-state index is 0.118. The van der Waals surface area contributed by atoms with Crippen molar-refractivity contribution >= 4 is 11.7 Å². The predicted octanol–water partition coefficient (Wildman–Crippen LogP) is 2.01. The van der Waals surface area contributed by atoms with E-state index in [0.717, 1.165) is 11.3 Å². The molecule has 0 spiro atoms. The molecule has 4 nitrogen and oxygen atoms in total. The van der Waals surface area contributed by atoms with Gasteiger partial charge in [0, 0.05) is 18.2 Å². The van der Waals surface area contributed by atoms with Crippen LogP contribution in [0.3, 0.4) is 0 Å². The number of rotatable bonds is 2. The van der Waals surface area contributed by atoms with Gasteiger partial charge in [0.2, 0.25) is 0 Å². The first kappa shape index (κ1) is 10.8. The number of aromatic hydroxyl groups is 1. The van der Waals surface area contributed by atoms with Crippen LogP contribution in [0.1, 0.15) is 25.3 Å². The van der Waals surface area contributed by atoms with Crippen molar-refractivity contribution in [1.82, 2.24) is 0 Å². The third-order valence-electron chi connectivity index (χ3n) is 3.33. The van der Waals surface area contributed by atoms with Gasteiger partial charge in [0.05, 0.1) is 5.41 Å². The second kappa shape index (κ2) is 3.40. The third-order valence-corrected chi connectivity index (χ3v) is 3.33. The predicted molar refractivity (Wildman–Crippen MR) is 60.8 cm³/mol. The van der Waals surface area contributed by atoms with Gasteiger partial charge in [-0.15, -0.1) is 0 Å². The molecule has 1 heterocycles. The topological polar surface area (TPSA) is 69.6 Å². The molecule has 0 radical (unpaired) electrons. The fourth-order valence-corrected chi connectivity index (χ4v) is 2.11. The highest BCUT2D eigenvalue weighted by Gasteiger charge is 2.41. The smallest absolute Gasteiger partial charge is 0.309 e. The van der Waals surface area contributed by atoms with E-state index in [-0.39, 0.29) is 11.7 Å². The number of carboxylic acids is 1. The van der Waals surface area contributed by atoms with E-state index in [1.807, 2.05) is 0 Å². The lowest BCUT2D eigenvalue weighted by Crippen LogP contribution is -2.32. The highest BCUT2D eigenvalue weighted by molar-refractivity contribution is 5.77. The molecule has 1 aromatic carbocycles. The number of phenols is 1. The van der Waals surface area contributed by atoms with E-state index < -0.39 is 11.4 Å². The molecule has 0 saturated carbocycles. The summed E-state index contributed by atoms with van der Waals surface area (Å²) in [6.07, 6.45) is 0. The molecule has 1 unspecified atom stereocenters. The van der Waals surface area contributed by atoms with Crippen molar-refractivity contribution < 1.29 is 15.0 Å². The number of hydrogen-bond donors (Lipinski definition) is 3. The van der Waals surface area contributed by atoms with E-state index in [4.69, 9.17) is 0 Å². The minimum atomic E-state index is -0.841. The highest BCUT2D eigenvalue weighted by Crippen LogP contribution is 2.44. The molecule has 2 rings (SSSR count). The summed E-state index contributed by atoms with van der Waals surface area (Å²) in [6.45, 7) is 4.01. The van der Waals surface area contributed by atoms with Gasteiger partial charge in [-0.1, -0.05) is 0 Å². The second-order valence-corrected chi connectivity index (χ2v) is 4.73. The van der Waals surface area contributed by atoms with Gasteiger partial charge in [0.15, 0.2) is 0 Å². The van der Waals surface area contributed by atoms with Crippen molar-refractivity contribution in [2.24, 2.45) is 5.41 Å². The van der Waals surface area contributed by atoms with Gasteiger partial charge in [-0.05, 0) is 37.6 Å². The van der Waals surface area contributed by atoms with Crippen LogP contribution < -0.4 is 5.32 Å². The van der Waals surface area contributed by atoms with Gasteiger partial charge < -0.3 is 15.5 Å². The van der Waals surface area contributed by atoms with Gasteiger partial charge >= 0.3 is 5.97 Å². The Kier molecular flexibility index (Phi) is 2.30. The molecule has 86 valence electrons. The number of carbonyl (C=O) groups is 1. The Morgan fingerprint density at radius 1 is 1.50 bits per heavy atom. The van der Waals surface area contributed by atoms with Crippen LogP contribution in [-0.4, -0.2) is 22.7 Å². The van der Waals surface area contributed by atoms with E-state index in [1.165, 1.54) is 0 Å². The molecule has 1 aliphatic rings. The number of fused-ring (bicyclic) bond motifs is 1. The average Bonchev–Trinajstić information content (AvgIpc) is 2.60. The molecule has 16 heavy (non-hydrogen) atoms. The molecule has 0 bridgehead atoms. The summed E-state index contributed by atoms with van der Waals surface area (Å²) < 4.78 is 0. The number of nitrogens with one attached hydrogen (secondary N) is 1. The van der Waals surface area contributed by atoms with Crippen molar-refractivity contribution in [1.29, 1.82) is 0 Å². The maximum absolute atomic E-state index is 11.2. The number of aliphatic carboxylic acids is 1. The van der Waals surface area contributed by atoms with E-state index in [2.05, 4.69) is 5.32 Å². The molecule has 0 fully saturated rings. The summed E-state index contributed by atoms with van der Waals surface area (Å²) in [5, 5.41) is 21.8. The SMILES string of the molecule is CC(C)(C(=O)O)C1CNc2ccc(O)cc21. The molecular formula is C12H15NO3. The average molecular weight is 221 g/mol. The number of benzene rings is 1. The van der Waals surface area contributed by atoms with Crippen molar-refractivity contribution in [2.75, 3.05) is 11.9 Å². The molecule has 0 aliphatic carbocycles. The standard InChI is InChI=1S/C12H15NO3/c1-12(2,11(15)16)9-6-13-10-4-3-7(14)5-8(9)10/h3-5,9,13-14H,6H2,1-2H3,(H,15,16). The second-order valence-electron chi connectivity index (χ2n) is 4.73. The van der Waals surface area contributed by atoms with Crippen LogP contribution in [0.2, 0.25) is 0 Å². The van der Waals surface area contributed by atoms with E-state index in [9.17, 15) is 15.0 Å². The molecule has 1 atom stereocenters. The van der Waals surface area contributed by atoms with Crippen molar-refractivity contribution in [2.45, 2.75) is 19.8 Å². The van der Waals surface area contributed by atoms with Gasteiger partial charge in [-0.3, -0.25) is 4.79 Å². The molecule has 0 amide bonds. The fraction of sp³-hybridized carbons (Fsp3) is 0.417. The fourth-order valence-electron chi connectivity index (χ4n) is 2.11. The summed E-state index contributed by atoms with van der Waals surface area (Å²) in [6, 6.07) is 5.02. The number of anilines is 1. The first-order valence-corrected chi connectivity index (χ1v) is 5.23. The maximum Gasteiger partial charge on any atom is 0.309 e. The first-order chi connectivity index (χ1) is 7.43. The van der Waals surface area contributed by atoms with Crippen LogP contribution in [0.5, 0.6) is 5.75 Å². The lowest BCUT2D eigenvalue weighted by atomic mass is 9.76. The Bertz CT molecular complexity index is 440. The zero-order valence-corrected chi connectivity index (χ0v) is 9.32. The number of hydrogen-bond acceptors (Lipinski definition) is 3. The Balaban J connectivity index is 2.43. The van der Waals surface area contributed by atoms with Crippen LogP contribution in [0.15, 0.2) is 18.2 Å². The Labute approximate surface area is 93.9 Å². The van der Waals surface area contributed by atoms with Crippen LogP contribution in [-0.2, 0) is 4.79 Å². The van der Waals surface area contributed by atoms with Crippen molar-refractivity contribution in [3.05, 3.63) is 23.8 Å². The zero-order chi connectivity index (χ0) is 11.9. The Hall–Kier alpha value is -1.71. The number of phenolic OH excluding ortho intramolecular Hbond substituents is 1. The van der Waals surface area contributed by atoms with E-state index in [0.29, 0.717) is 6.54 Å². The summed E-state index contributed by atoms with van der Waals surface area (Å²) >= 11 is 0. The van der Waals surface area contributed by atoms with Gasteiger partial charge in [-0.2, -0.15) is 0 Å². The monoisotopic (exact) mass is 221 g/mol. The van der Waals surface area contributed by atoms with Crippen LogP contribution >= 0.6 is 0 Å². The van der Waals surface area contributed by atoms with Crippen LogP contribution in [0, 0.1) is 5.41 Å². The molecule has 0 saturated heterocycles. The molecule has 3 N–H and O–H groups in total. The van der Waals surface area contributed by atoms with Crippen molar-refractivity contribution in [3.63, 3.8) is 0 Å². The third kappa shape index (κ3) is 1.50. The highest BCUT2D eigenvalue weighted by atomic mass is 16.4. The van der Waals surface area contributed by atoms with Gasteiger partial charge in [-0.25, -0.2) is 0 Å². The number of carboxylic acid groups (broad SMARTS) is 1. The lowest BCUT2D eigenvalue weighted by molar-refractivity contribution is -0.148. The maximum atomic E-state index is 11.2. The van der Waals surface area contributed by atoms with Gasteiger partial charge in [0.25, 0.3) is 0 Å².